The average molecular weight is 196 g/mol. The van der Waals surface area contributed by atoms with Crippen LogP contribution >= 0.6 is 0 Å². The van der Waals surface area contributed by atoms with Crippen LogP contribution in [0.1, 0.15) is 46.0 Å². The molecule has 14 heavy (non-hydrogen) atoms. The van der Waals surface area contributed by atoms with Crippen molar-refractivity contribution in [1.29, 1.82) is 0 Å². The van der Waals surface area contributed by atoms with Crippen LogP contribution in [0.5, 0.6) is 0 Å². The van der Waals surface area contributed by atoms with Crippen LogP contribution in [0.25, 0.3) is 0 Å². The lowest BCUT2D eigenvalue weighted by Gasteiger charge is -2.30. The molecule has 1 aliphatic heterocycles. The minimum absolute atomic E-state index is 0.0677. The van der Waals surface area contributed by atoms with Crippen LogP contribution in [0.3, 0.4) is 0 Å². The van der Waals surface area contributed by atoms with E-state index in [1.54, 1.807) is 0 Å². The van der Waals surface area contributed by atoms with Crippen molar-refractivity contribution in [2.45, 2.75) is 52.1 Å². The Morgan fingerprint density at radius 3 is 2.79 bits per heavy atom. The van der Waals surface area contributed by atoms with Crippen molar-refractivity contribution in [3.05, 3.63) is 0 Å². The molecule has 1 aliphatic carbocycles. The van der Waals surface area contributed by atoms with Crippen molar-refractivity contribution in [2.75, 3.05) is 0 Å². The highest BCUT2D eigenvalue weighted by molar-refractivity contribution is 5.73. The molecule has 2 heteroatoms. The van der Waals surface area contributed by atoms with Crippen LogP contribution < -0.4 is 0 Å². The largest absolute Gasteiger partial charge is 0.462 e. The molecule has 0 aromatic carbocycles. The standard InChI is InChI=1S/C12H20O2/c1-3-9-5-10-4-8(2)14-12(13)11(6-9)7-10/h8-11H,3-7H2,1-2H3. The van der Waals surface area contributed by atoms with Gasteiger partial charge in [0, 0.05) is 0 Å². The van der Waals surface area contributed by atoms with Gasteiger partial charge in [-0.3, -0.25) is 4.79 Å². The van der Waals surface area contributed by atoms with Crippen LogP contribution in [0.4, 0.5) is 0 Å². The molecule has 2 bridgehead atoms. The summed E-state index contributed by atoms with van der Waals surface area (Å²) in [6.45, 7) is 4.26. The molecule has 4 atom stereocenters. The Labute approximate surface area is 86.0 Å². The first-order valence-corrected chi connectivity index (χ1v) is 5.89. The van der Waals surface area contributed by atoms with E-state index >= 15 is 0 Å². The third kappa shape index (κ3) is 1.94. The molecule has 1 saturated carbocycles. The summed E-state index contributed by atoms with van der Waals surface area (Å²) in [6, 6.07) is 0. The van der Waals surface area contributed by atoms with Crippen LogP contribution in [-0.2, 0) is 9.53 Å². The minimum atomic E-state index is 0.0677. The zero-order valence-electron chi connectivity index (χ0n) is 9.16. The van der Waals surface area contributed by atoms with E-state index in [4.69, 9.17) is 4.74 Å². The Bertz CT molecular complexity index is 222. The third-order valence-electron chi connectivity index (χ3n) is 3.80. The summed E-state index contributed by atoms with van der Waals surface area (Å²) in [5, 5.41) is 0. The maximum absolute atomic E-state index is 11.7. The molecule has 0 radical (unpaired) electrons. The number of hydrogen-bond donors (Lipinski definition) is 0. The van der Waals surface area contributed by atoms with E-state index in [9.17, 15) is 4.79 Å². The molecule has 1 heterocycles. The Balaban J connectivity index is 2.10. The predicted octanol–water partition coefficient (Wildman–Crippen LogP) is 2.76. The molecule has 4 unspecified atom stereocenters. The molecule has 80 valence electrons. The fourth-order valence-electron chi connectivity index (χ4n) is 3.10. The second kappa shape index (κ2) is 3.92. The van der Waals surface area contributed by atoms with Crippen molar-refractivity contribution in [3.63, 3.8) is 0 Å². The lowest BCUT2D eigenvalue weighted by atomic mass is 9.73. The Kier molecular flexibility index (Phi) is 2.80. The molecule has 2 nitrogen and oxygen atoms in total. The highest BCUT2D eigenvalue weighted by Gasteiger charge is 2.37. The van der Waals surface area contributed by atoms with E-state index < -0.39 is 0 Å². The first kappa shape index (κ1) is 10.0. The number of rotatable bonds is 1. The van der Waals surface area contributed by atoms with Crippen LogP contribution in [-0.4, -0.2) is 12.1 Å². The lowest BCUT2D eigenvalue weighted by molar-refractivity contribution is -0.152. The van der Waals surface area contributed by atoms with Gasteiger partial charge >= 0.3 is 5.97 Å². The topological polar surface area (TPSA) is 26.3 Å². The number of esters is 1. The fraction of sp³-hybridized carbons (Fsp3) is 0.917. The van der Waals surface area contributed by atoms with Gasteiger partial charge < -0.3 is 4.74 Å². The molecule has 0 spiro atoms. The van der Waals surface area contributed by atoms with E-state index in [2.05, 4.69) is 6.92 Å². The molecule has 0 aromatic rings. The Morgan fingerprint density at radius 2 is 2.07 bits per heavy atom. The second-order valence-corrected chi connectivity index (χ2v) is 5.03. The maximum Gasteiger partial charge on any atom is 0.309 e. The molecule has 0 amide bonds. The lowest BCUT2D eigenvalue weighted by Crippen LogP contribution is -2.25. The molecule has 0 aromatic heterocycles. The van der Waals surface area contributed by atoms with E-state index in [-0.39, 0.29) is 18.0 Å². The smallest absolute Gasteiger partial charge is 0.309 e. The summed E-state index contributed by atoms with van der Waals surface area (Å²) in [5.41, 5.74) is 0. The molecule has 0 N–H and O–H groups in total. The first-order chi connectivity index (χ1) is 6.69. The van der Waals surface area contributed by atoms with Gasteiger partial charge in [-0.2, -0.15) is 0 Å². The van der Waals surface area contributed by atoms with Gasteiger partial charge in [0.15, 0.2) is 0 Å². The summed E-state index contributed by atoms with van der Waals surface area (Å²) in [5.74, 6) is 1.78. The van der Waals surface area contributed by atoms with E-state index in [1.807, 2.05) is 6.92 Å². The van der Waals surface area contributed by atoms with Gasteiger partial charge in [0.05, 0.1) is 12.0 Å². The first-order valence-electron chi connectivity index (χ1n) is 5.89. The van der Waals surface area contributed by atoms with Gasteiger partial charge in [0.25, 0.3) is 0 Å². The number of carbonyl (C=O) groups is 1. The summed E-state index contributed by atoms with van der Waals surface area (Å²) in [4.78, 5) is 11.7. The van der Waals surface area contributed by atoms with Crippen LogP contribution in [0, 0.1) is 17.8 Å². The summed E-state index contributed by atoms with van der Waals surface area (Å²) < 4.78 is 5.38. The fourth-order valence-corrected chi connectivity index (χ4v) is 3.10. The SMILES string of the molecule is CCC1CC2CC(C)OC(=O)C(C1)C2. The molecule has 2 aliphatic rings. The molecular formula is C12H20O2. The zero-order chi connectivity index (χ0) is 10.1. The van der Waals surface area contributed by atoms with Gasteiger partial charge in [-0.25, -0.2) is 0 Å². The summed E-state index contributed by atoms with van der Waals surface area (Å²) >= 11 is 0. The van der Waals surface area contributed by atoms with Crippen molar-refractivity contribution < 1.29 is 9.53 Å². The number of hydrogen-bond acceptors (Lipinski definition) is 2. The molecule has 2 rings (SSSR count). The normalized spacial score (nSPS) is 42.9. The average Bonchev–Trinajstić information content (AvgIpc) is 2.24. The van der Waals surface area contributed by atoms with Gasteiger partial charge in [-0.1, -0.05) is 13.3 Å². The van der Waals surface area contributed by atoms with Crippen molar-refractivity contribution in [1.82, 2.24) is 0 Å². The van der Waals surface area contributed by atoms with Gasteiger partial charge in [0.2, 0.25) is 0 Å². The van der Waals surface area contributed by atoms with Crippen molar-refractivity contribution in [2.24, 2.45) is 17.8 Å². The number of carbonyl (C=O) groups excluding carboxylic acids is 1. The molecule has 2 fully saturated rings. The highest BCUT2D eigenvalue weighted by Crippen LogP contribution is 2.40. The quantitative estimate of drug-likeness (QED) is 0.603. The van der Waals surface area contributed by atoms with Gasteiger partial charge in [-0.05, 0) is 44.4 Å². The van der Waals surface area contributed by atoms with Gasteiger partial charge in [0.1, 0.15) is 0 Å². The van der Waals surface area contributed by atoms with E-state index in [1.165, 1.54) is 12.8 Å². The second-order valence-electron chi connectivity index (χ2n) is 5.03. The third-order valence-corrected chi connectivity index (χ3v) is 3.80. The maximum atomic E-state index is 11.7. The van der Waals surface area contributed by atoms with Crippen molar-refractivity contribution >= 4 is 5.97 Å². The van der Waals surface area contributed by atoms with E-state index in [0.717, 1.165) is 31.1 Å². The summed E-state index contributed by atoms with van der Waals surface area (Å²) in [7, 11) is 0. The Hall–Kier alpha value is -0.530. The summed E-state index contributed by atoms with van der Waals surface area (Å²) in [6.07, 6.45) is 5.91. The molecule has 1 saturated heterocycles. The zero-order valence-corrected chi connectivity index (χ0v) is 9.16. The monoisotopic (exact) mass is 196 g/mol. The van der Waals surface area contributed by atoms with Crippen LogP contribution in [0.15, 0.2) is 0 Å². The number of fused-ring (bicyclic) bond motifs is 2. The number of ether oxygens (including phenoxy) is 1. The van der Waals surface area contributed by atoms with Gasteiger partial charge in [-0.15, -0.1) is 0 Å². The molecular weight excluding hydrogens is 176 g/mol. The predicted molar refractivity (Wildman–Crippen MR) is 54.8 cm³/mol. The van der Waals surface area contributed by atoms with E-state index in [0.29, 0.717) is 0 Å². The Morgan fingerprint density at radius 1 is 1.29 bits per heavy atom. The number of cyclic esters (lactones) is 1. The minimum Gasteiger partial charge on any atom is -0.462 e. The van der Waals surface area contributed by atoms with Crippen molar-refractivity contribution in [3.8, 4) is 0 Å². The highest BCUT2D eigenvalue weighted by atomic mass is 16.5. The van der Waals surface area contributed by atoms with Crippen LogP contribution in [0.2, 0.25) is 0 Å².